The number of nitro groups is 1. The summed E-state index contributed by atoms with van der Waals surface area (Å²) in [6.07, 6.45) is 3.12. The van der Waals surface area contributed by atoms with E-state index >= 15 is 0 Å². The number of nitro benzene ring substituents is 1. The minimum Gasteiger partial charge on any atom is -0.369 e. The molecule has 0 heterocycles. The molecular formula is C12H13N3O4. The van der Waals surface area contributed by atoms with E-state index in [0.717, 1.165) is 0 Å². The van der Waals surface area contributed by atoms with Gasteiger partial charge in [-0.05, 0) is 11.6 Å². The molecule has 0 aliphatic carbocycles. The van der Waals surface area contributed by atoms with Gasteiger partial charge in [0.05, 0.1) is 4.92 Å². The van der Waals surface area contributed by atoms with Crippen molar-refractivity contribution >= 4 is 29.3 Å². The lowest BCUT2D eigenvalue weighted by Crippen LogP contribution is -2.08. The van der Waals surface area contributed by atoms with E-state index in [1.807, 2.05) is 0 Å². The summed E-state index contributed by atoms with van der Waals surface area (Å²) in [5.74, 6) is -0.874. The van der Waals surface area contributed by atoms with Gasteiger partial charge in [-0.15, -0.1) is 0 Å². The van der Waals surface area contributed by atoms with Crippen molar-refractivity contribution in [2.75, 3.05) is 5.32 Å². The van der Waals surface area contributed by atoms with Crippen LogP contribution in [0.4, 0.5) is 11.4 Å². The van der Waals surface area contributed by atoms with Crippen molar-refractivity contribution in [2.24, 2.45) is 5.73 Å². The number of hydrogen-bond donors (Lipinski definition) is 2. The van der Waals surface area contributed by atoms with Crippen LogP contribution in [0.15, 0.2) is 24.3 Å². The normalized spacial score (nSPS) is 10.4. The Labute approximate surface area is 109 Å². The van der Waals surface area contributed by atoms with Gasteiger partial charge in [-0.3, -0.25) is 19.7 Å². The van der Waals surface area contributed by atoms with Crippen LogP contribution >= 0.6 is 0 Å². The second-order valence-electron chi connectivity index (χ2n) is 3.79. The highest BCUT2D eigenvalue weighted by Crippen LogP contribution is 2.26. The number of primary amides is 1. The lowest BCUT2D eigenvalue weighted by molar-refractivity contribution is -0.383. The Bertz CT molecular complexity index is 552. The highest BCUT2D eigenvalue weighted by molar-refractivity contribution is 5.91. The van der Waals surface area contributed by atoms with Gasteiger partial charge in [0.1, 0.15) is 5.69 Å². The fraction of sp³-hybridized carbons (Fsp3) is 0.167. The van der Waals surface area contributed by atoms with Crippen molar-refractivity contribution in [1.29, 1.82) is 0 Å². The molecule has 100 valence electrons. The Morgan fingerprint density at radius 3 is 2.68 bits per heavy atom. The molecule has 0 bridgehead atoms. The van der Waals surface area contributed by atoms with Crippen LogP contribution in [0, 0.1) is 10.1 Å². The summed E-state index contributed by atoms with van der Waals surface area (Å²) in [7, 11) is 0. The molecule has 3 N–H and O–H groups in total. The molecule has 0 aliphatic rings. The molecule has 0 fully saturated rings. The van der Waals surface area contributed by atoms with E-state index in [-0.39, 0.29) is 23.7 Å². The zero-order chi connectivity index (χ0) is 14.4. The molecule has 0 saturated heterocycles. The van der Waals surface area contributed by atoms with Crippen LogP contribution in [-0.2, 0) is 9.59 Å². The summed E-state index contributed by atoms with van der Waals surface area (Å²) in [5, 5.41) is 13.3. The second kappa shape index (κ2) is 6.29. The van der Waals surface area contributed by atoms with Gasteiger partial charge in [-0.25, -0.2) is 0 Å². The maximum atomic E-state index is 10.9. The van der Waals surface area contributed by atoms with E-state index < -0.39 is 10.8 Å². The molecule has 0 atom stereocenters. The second-order valence-corrected chi connectivity index (χ2v) is 3.79. The minimum absolute atomic E-state index is 0.0568. The molecular weight excluding hydrogens is 250 g/mol. The quantitative estimate of drug-likeness (QED) is 0.617. The van der Waals surface area contributed by atoms with Crippen molar-refractivity contribution in [3.05, 3.63) is 40.0 Å². The number of anilines is 1. The lowest BCUT2D eigenvalue weighted by Gasteiger charge is -2.04. The number of rotatable bonds is 5. The zero-order valence-corrected chi connectivity index (χ0v) is 10.3. The maximum Gasteiger partial charge on any atom is 0.293 e. The summed E-state index contributed by atoms with van der Waals surface area (Å²) in [6.45, 7) is 1.27. The molecule has 0 aromatic heterocycles. The lowest BCUT2D eigenvalue weighted by atomic mass is 10.1. The third kappa shape index (κ3) is 4.58. The molecule has 0 unspecified atom stereocenters. The van der Waals surface area contributed by atoms with Crippen LogP contribution in [-0.4, -0.2) is 16.7 Å². The van der Waals surface area contributed by atoms with E-state index in [2.05, 4.69) is 5.32 Å². The van der Waals surface area contributed by atoms with Crippen LogP contribution in [0.1, 0.15) is 18.9 Å². The zero-order valence-electron chi connectivity index (χ0n) is 10.3. The van der Waals surface area contributed by atoms with Gasteiger partial charge in [-0.2, -0.15) is 0 Å². The first-order valence-corrected chi connectivity index (χ1v) is 5.41. The van der Waals surface area contributed by atoms with E-state index in [4.69, 9.17) is 5.73 Å². The van der Waals surface area contributed by atoms with Gasteiger partial charge in [0.2, 0.25) is 11.8 Å². The molecule has 7 nitrogen and oxygen atoms in total. The summed E-state index contributed by atoms with van der Waals surface area (Å²) in [6, 6.07) is 4.34. The summed E-state index contributed by atoms with van der Waals surface area (Å²) in [5.41, 5.74) is 5.43. The number of amides is 2. The first-order valence-electron chi connectivity index (χ1n) is 5.41. The number of hydrogen-bond acceptors (Lipinski definition) is 4. The summed E-state index contributed by atoms with van der Waals surface area (Å²) in [4.78, 5) is 31.8. The van der Waals surface area contributed by atoms with Crippen LogP contribution in [0.3, 0.4) is 0 Å². The van der Waals surface area contributed by atoms with Gasteiger partial charge < -0.3 is 11.1 Å². The van der Waals surface area contributed by atoms with Gasteiger partial charge in [-0.1, -0.05) is 18.2 Å². The Kier molecular flexibility index (Phi) is 4.76. The first-order chi connectivity index (χ1) is 8.90. The fourth-order valence-electron chi connectivity index (χ4n) is 1.41. The average Bonchev–Trinajstić information content (AvgIpc) is 2.29. The maximum absolute atomic E-state index is 10.9. The summed E-state index contributed by atoms with van der Waals surface area (Å²) < 4.78 is 0. The molecule has 0 saturated carbocycles. The van der Waals surface area contributed by atoms with E-state index in [0.29, 0.717) is 5.56 Å². The van der Waals surface area contributed by atoms with E-state index in [1.54, 1.807) is 12.1 Å². The molecule has 2 amide bonds. The number of nitrogens with one attached hydrogen (secondary N) is 1. The molecule has 19 heavy (non-hydrogen) atoms. The molecule has 1 aromatic carbocycles. The van der Waals surface area contributed by atoms with E-state index in [9.17, 15) is 19.7 Å². The van der Waals surface area contributed by atoms with Crippen molar-refractivity contribution in [3.63, 3.8) is 0 Å². The average molecular weight is 263 g/mol. The molecule has 0 spiro atoms. The Morgan fingerprint density at radius 2 is 2.16 bits per heavy atom. The smallest absolute Gasteiger partial charge is 0.293 e. The molecule has 1 rings (SSSR count). The Balaban J connectivity index is 3.02. The van der Waals surface area contributed by atoms with Crippen LogP contribution in [0.5, 0.6) is 0 Å². The monoisotopic (exact) mass is 263 g/mol. The molecule has 0 radical (unpaired) electrons. The number of benzene rings is 1. The molecule has 7 heteroatoms. The van der Waals surface area contributed by atoms with Gasteiger partial charge in [0, 0.05) is 19.4 Å². The summed E-state index contributed by atoms with van der Waals surface area (Å²) >= 11 is 0. The molecule has 0 aliphatic heterocycles. The minimum atomic E-state index is -0.587. The van der Waals surface area contributed by atoms with Gasteiger partial charge in [0.15, 0.2) is 0 Å². The highest BCUT2D eigenvalue weighted by Gasteiger charge is 2.14. The van der Waals surface area contributed by atoms with Crippen molar-refractivity contribution in [1.82, 2.24) is 0 Å². The Hall–Kier alpha value is -2.70. The highest BCUT2D eigenvalue weighted by atomic mass is 16.6. The fourth-order valence-corrected chi connectivity index (χ4v) is 1.41. The van der Waals surface area contributed by atoms with Crippen LogP contribution < -0.4 is 11.1 Å². The molecule has 1 aromatic rings. The third-order valence-electron chi connectivity index (χ3n) is 2.16. The SMILES string of the molecule is CC(=O)Nc1ccc(C=CCC(N)=O)cc1[N+](=O)[O-]. The van der Waals surface area contributed by atoms with E-state index in [1.165, 1.54) is 25.1 Å². The van der Waals surface area contributed by atoms with Gasteiger partial charge >= 0.3 is 0 Å². The van der Waals surface area contributed by atoms with Gasteiger partial charge in [0.25, 0.3) is 5.69 Å². The Morgan fingerprint density at radius 1 is 1.47 bits per heavy atom. The van der Waals surface area contributed by atoms with Crippen molar-refractivity contribution in [3.8, 4) is 0 Å². The topological polar surface area (TPSA) is 115 Å². The predicted molar refractivity (Wildman–Crippen MR) is 70.2 cm³/mol. The first kappa shape index (κ1) is 14.4. The van der Waals surface area contributed by atoms with Crippen molar-refractivity contribution < 1.29 is 14.5 Å². The van der Waals surface area contributed by atoms with Crippen LogP contribution in [0.2, 0.25) is 0 Å². The number of carbonyl (C=O) groups excluding carboxylic acids is 2. The number of nitrogens with two attached hydrogens (primary N) is 1. The number of nitrogens with zero attached hydrogens (tertiary/aromatic N) is 1. The predicted octanol–water partition coefficient (Wildman–Crippen LogP) is 1.44. The standard InChI is InChI=1S/C12H13N3O4/c1-8(16)14-10-6-5-9(3-2-4-12(13)17)7-11(10)15(18)19/h2-3,5-7H,4H2,1H3,(H2,13,17)(H,14,16). The third-order valence-corrected chi connectivity index (χ3v) is 2.16. The van der Waals surface area contributed by atoms with Crippen LogP contribution in [0.25, 0.3) is 6.08 Å². The largest absolute Gasteiger partial charge is 0.369 e. The van der Waals surface area contributed by atoms with Crippen molar-refractivity contribution in [2.45, 2.75) is 13.3 Å². The number of carbonyl (C=O) groups is 2.